The molecule has 9 heteroatoms. The van der Waals surface area contributed by atoms with E-state index in [1.807, 2.05) is 0 Å². The van der Waals surface area contributed by atoms with Crippen molar-refractivity contribution in [2.75, 3.05) is 11.0 Å². The van der Waals surface area contributed by atoms with Gasteiger partial charge in [-0.15, -0.1) is 5.10 Å². The number of aryl methyl sites for hydroxylation is 2. The first kappa shape index (κ1) is 13.4. The van der Waals surface area contributed by atoms with E-state index < -0.39 is 15.8 Å². The van der Waals surface area contributed by atoms with E-state index in [1.54, 1.807) is 14.0 Å². The summed E-state index contributed by atoms with van der Waals surface area (Å²) in [4.78, 5) is 4.02. The lowest BCUT2D eigenvalue weighted by Crippen LogP contribution is -2.12. The normalized spacial score (nSPS) is 11.6. The topological polar surface area (TPSA) is 89.8 Å². The minimum absolute atomic E-state index is 0.0321. The largest absolute Gasteiger partial charge is 0.282 e. The molecule has 0 saturated carbocycles. The maximum Gasteiger partial charge on any atom is 0.229 e. The van der Waals surface area contributed by atoms with Gasteiger partial charge in [0.25, 0.3) is 0 Å². The quantitative estimate of drug-likeness (QED) is 0.896. The van der Waals surface area contributed by atoms with E-state index in [4.69, 9.17) is 0 Å². The molecule has 0 bridgehead atoms. The van der Waals surface area contributed by atoms with Crippen LogP contribution in [-0.2, 0) is 17.1 Å². The van der Waals surface area contributed by atoms with Crippen molar-refractivity contribution in [2.45, 2.75) is 6.92 Å². The lowest BCUT2D eigenvalue weighted by Gasteiger charge is -2.08. The van der Waals surface area contributed by atoms with Gasteiger partial charge in [0.05, 0.1) is 23.8 Å². The highest BCUT2D eigenvalue weighted by Crippen LogP contribution is 2.23. The van der Waals surface area contributed by atoms with Crippen LogP contribution in [0.5, 0.6) is 0 Å². The SMILES string of the molecule is Cc1nc(-c2cn(C)nn2)c(F)cc1NS(C)(=O)=O. The van der Waals surface area contributed by atoms with E-state index in [0.717, 1.165) is 12.3 Å². The van der Waals surface area contributed by atoms with Gasteiger partial charge in [0.2, 0.25) is 10.0 Å². The minimum Gasteiger partial charge on any atom is -0.282 e. The number of nitrogens with one attached hydrogen (secondary N) is 1. The van der Waals surface area contributed by atoms with Gasteiger partial charge in [-0.1, -0.05) is 5.21 Å². The number of halogens is 1. The Morgan fingerprint density at radius 3 is 2.63 bits per heavy atom. The van der Waals surface area contributed by atoms with Gasteiger partial charge in [0, 0.05) is 13.1 Å². The van der Waals surface area contributed by atoms with E-state index in [2.05, 4.69) is 20.0 Å². The molecule has 2 aromatic rings. The fraction of sp³-hybridized carbons (Fsp3) is 0.300. The van der Waals surface area contributed by atoms with Crippen LogP contribution >= 0.6 is 0 Å². The highest BCUT2D eigenvalue weighted by Gasteiger charge is 2.15. The third-order valence-electron chi connectivity index (χ3n) is 2.31. The predicted octanol–water partition coefficient (Wildman–Crippen LogP) is 0.696. The van der Waals surface area contributed by atoms with Crippen molar-refractivity contribution in [3.8, 4) is 11.4 Å². The van der Waals surface area contributed by atoms with Crippen molar-refractivity contribution in [1.29, 1.82) is 0 Å². The Balaban J connectivity index is 2.48. The molecule has 1 N–H and O–H groups in total. The highest BCUT2D eigenvalue weighted by atomic mass is 32.2. The molecule has 2 aromatic heterocycles. The van der Waals surface area contributed by atoms with Crippen LogP contribution in [0, 0.1) is 12.7 Å². The van der Waals surface area contributed by atoms with E-state index in [0.29, 0.717) is 5.69 Å². The van der Waals surface area contributed by atoms with Crippen LogP contribution in [0.25, 0.3) is 11.4 Å². The van der Waals surface area contributed by atoms with E-state index in [1.165, 1.54) is 10.9 Å². The highest BCUT2D eigenvalue weighted by molar-refractivity contribution is 7.92. The molecule has 0 unspecified atom stereocenters. The first-order valence-electron chi connectivity index (χ1n) is 5.28. The number of hydrogen-bond donors (Lipinski definition) is 1. The Kier molecular flexibility index (Phi) is 3.23. The number of rotatable bonds is 3. The molecule has 2 heterocycles. The number of pyridine rings is 1. The Labute approximate surface area is 109 Å². The Bertz CT molecular complexity index is 726. The molecule has 19 heavy (non-hydrogen) atoms. The van der Waals surface area contributed by atoms with E-state index in [9.17, 15) is 12.8 Å². The van der Waals surface area contributed by atoms with Gasteiger partial charge < -0.3 is 0 Å². The fourth-order valence-electron chi connectivity index (χ4n) is 1.52. The van der Waals surface area contributed by atoms with Crippen LogP contribution in [0.15, 0.2) is 12.3 Å². The molecule has 0 atom stereocenters. The van der Waals surface area contributed by atoms with Crippen LogP contribution in [0.1, 0.15) is 5.69 Å². The predicted molar refractivity (Wildman–Crippen MR) is 67.4 cm³/mol. The van der Waals surface area contributed by atoms with Crippen molar-refractivity contribution in [1.82, 2.24) is 20.0 Å². The average Bonchev–Trinajstić information content (AvgIpc) is 2.67. The fourth-order valence-corrected chi connectivity index (χ4v) is 2.13. The second-order valence-electron chi connectivity index (χ2n) is 4.10. The lowest BCUT2D eigenvalue weighted by molar-refractivity contribution is 0.606. The molecule has 0 aliphatic heterocycles. The molecule has 0 radical (unpaired) electrons. The maximum atomic E-state index is 13.9. The van der Waals surface area contributed by atoms with Crippen LogP contribution in [0.2, 0.25) is 0 Å². The molecular weight excluding hydrogens is 273 g/mol. The van der Waals surface area contributed by atoms with Gasteiger partial charge in [0.15, 0.2) is 5.82 Å². The zero-order valence-electron chi connectivity index (χ0n) is 10.5. The monoisotopic (exact) mass is 285 g/mol. The third kappa shape index (κ3) is 3.05. The lowest BCUT2D eigenvalue weighted by atomic mass is 10.2. The van der Waals surface area contributed by atoms with Crippen molar-refractivity contribution < 1.29 is 12.8 Å². The zero-order chi connectivity index (χ0) is 14.2. The smallest absolute Gasteiger partial charge is 0.229 e. The summed E-state index contributed by atoms with van der Waals surface area (Å²) in [7, 11) is -1.82. The number of hydrogen-bond acceptors (Lipinski definition) is 5. The average molecular weight is 285 g/mol. The summed E-state index contributed by atoms with van der Waals surface area (Å²) in [6, 6.07) is 1.08. The van der Waals surface area contributed by atoms with Gasteiger partial charge in [-0.25, -0.2) is 17.8 Å². The number of nitrogens with zero attached hydrogens (tertiary/aromatic N) is 4. The Morgan fingerprint density at radius 2 is 2.11 bits per heavy atom. The molecule has 0 aliphatic carbocycles. The van der Waals surface area contributed by atoms with Gasteiger partial charge in [-0.05, 0) is 6.92 Å². The van der Waals surface area contributed by atoms with E-state index in [-0.39, 0.29) is 17.1 Å². The summed E-state index contributed by atoms with van der Waals surface area (Å²) >= 11 is 0. The molecule has 0 aliphatic rings. The van der Waals surface area contributed by atoms with Gasteiger partial charge in [0.1, 0.15) is 11.4 Å². The third-order valence-corrected chi connectivity index (χ3v) is 2.90. The standard InChI is InChI=1S/C10H12FN5O2S/c1-6-8(14-19(3,17)18)4-7(11)10(12-6)9-5-16(2)15-13-9/h4-5,14H,1-3H3. The summed E-state index contributed by atoms with van der Waals surface area (Å²) in [5.74, 6) is -0.669. The molecule has 2 rings (SSSR count). The maximum absolute atomic E-state index is 13.9. The summed E-state index contributed by atoms with van der Waals surface area (Å²) in [6.45, 7) is 1.58. The number of anilines is 1. The molecule has 0 fully saturated rings. The Hall–Kier alpha value is -2.03. The van der Waals surface area contributed by atoms with E-state index >= 15 is 0 Å². The van der Waals surface area contributed by atoms with Crippen LogP contribution in [-0.4, -0.2) is 34.7 Å². The number of sulfonamides is 1. The van der Waals surface area contributed by atoms with Crippen molar-refractivity contribution in [3.05, 3.63) is 23.8 Å². The van der Waals surface area contributed by atoms with Gasteiger partial charge in [-0.3, -0.25) is 9.40 Å². The second kappa shape index (κ2) is 4.57. The first-order valence-corrected chi connectivity index (χ1v) is 7.17. The molecule has 0 aromatic carbocycles. The first-order chi connectivity index (χ1) is 8.76. The van der Waals surface area contributed by atoms with Gasteiger partial charge in [-0.2, -0.15) is 0 Å². The second-order valence-corrected chi connectivity index (χ2v) is 5.85. The van der Waals surface area contributed by atoms with Crippen molar-refractivity contribution in [3.63, 3.8) is 0 Å². The molecular formula is C10H12FN5O2S. The van der Waals surface area contributed by atoms with Crippen molar-refractivity contribution in [2.24, 2.45) is 7.05 Å². The Morgan fingerprint density at radius 1 is 1.42 bits per heavy atom. The van der Waals surface area contributed by atoms with Crippen LogP contribution in [0.4, 0.5) is 10.1 Å². The summed E-state index contributed by atoms with van der Waals surface area (Å²) in [5, 5.41) is 7.46. The molecule has 102 valence electrons. The van der Waals surface area contributed by atoms with Crippen LogP contribution in [0.3, 0.4) is 0 Å². The van der Waals surface area contributed by atoms with Crippen LogP contribution < -0.4 is 4.72 Å². The summed E-state index contributed by atoms with van der Waals surface area (Å²) < 4.78 is 39.8. The van der Waals surface area contributed by atoms with Crippen molar-refractivity contribution >= 4 is 15.7 Å². The van der Waals surface area contributed by atoms with Gasteiger partial charge >= 0.3 is 0 Å². The minimum atomic E-state index is -3.48. The molecule has 7 nitrogen and oxygen atoms in total. The molecule has 0 amide bonds. The summed E-state index contributed by atoms with van der Waals surface area (Å²) in [5.41, 5.74) is 0.777. The molecule has 0 spiro atoms. The number of aromatic nitrogens is 4. The summed E-state index contributed by atoms with van der Waals surface area (Å²) in [6.07, 6.45) is 2.51. The molecule has 0 saturated heterocycles. The zero-order valence-corrected chi connectivity index (χ0v) is 11.4.